The summed E-state index contributed by atoms with van der Waals surface area (Å²) in [6.45, 7) is 3.94. The summed E-state index contributed by atoms with van der Waals surface area (Å²) in [6.07, 6.45) is 2.89. The normalized spacial score (nSPS) is 20.6. The Morgan fingerprint density at radius 3 is 2.45 bits per heavy atom. The van der Waals surface area contributed by atoms with E-state index < -0.39 is 10.0 Å². The zero-order chi connectivity index (χ0) is 14.8. The number of nitrogens with zero attached hydrogens (tertiary/aromatic N) is 1. The van der Waals surface area contributed by atoms with Crippen LogP contribution in [0.1, 0.15) is 33.1 Å². The first-order valence-corrected chi connectivity index (χ1v) is 8.25. The second-order valence-corrected chi connectivity index (χ2v) is 7.06. The summed E-state index contributed by atoms with van der Waals surface area (Å²) in [7, 11) is -3.44. The monoisotopic (exact) mass is 296 g/mol. The molecule has 0 bridgehead atoms. The Morgan fingerprint density at radius 1 is 1.25 bits per heavy atom. The van der Waals surface area contributed by atoms with Gasteiger partial charge in [0.25, 0.3) is 0 Å². The fraction of sp³-hybridized carbons (Fsp3) is 0.500. The van der Waals surface area contributed by atoms with Gasteiger partial charge in [0.15, 0.2) is 0 Å². The van der Waals surface area contributed by atoms with Gasteiger partial charge in [0.1, 0.15) is 0 Å². The number of hydrogen-bond donors (Lipinski definition) is 1. The van der Waals surface area contributed by atoms with Crippen LogP contribution in [-0.4, -0.2) is 31.2 Å². The largest absolute Gasteiger partial charge is 0.326 e. The van der Waals surface area contributed by atoms with Crippen molar-refractivity contribution in [1.29, 1.82) is 0 Å². The van der Waals surface area contributed by atoms with E-state index in [9.17, 15) is 13.2 Å². The van der Waals surface area contributed by atoms with Gasteiger partial charge in [-0.05, 0) is 44.0 Å². The smallest absolute Gasteiger partial charge is 0.243 e. The van der Waals surface area contributed by atoms with E-state index in [4.69, 9.17) is 0 Å². The predicted molar refractivity (Wildman–Crippen MR) is 78.0 cm³/mol. The lowest BCUT2D eigenvalue weighted by Gasteiger charge is -2.32. The topological polar surface area (TPSA) is 66.5 Å². The molecule has 1 fully saturated rings. The molecule has 1 N–H and O–H groups in total. The Bertz CT molecular complexity index is 581. The average molecular weight is 296 g/mol. The molecule has 1 amide bonds. The van der Waals surface area contributed by atoms with Crippen molar-refractivity contribution in [3.63, 3.8) is 0 Å². The van der Waals surface area contributed by atoms with Crippen LogP contribution < -0.4 is 5.32 Å². The number of amides is 1. The van der Waals surface area contributed by atoms with Crippen molar-refractivity contribution in [2.75, 3.05) is 11.9 Å². The van der Waals surface area contributed by atoms with E-state index in [1.165, 1.54) is 6.92 Å². The molecule has 1 aromatic carbocycles. The molecule has 0 aliphatic carbocycles. The van der Waals surface area contributed by atoms with E-state index in [1.807, 2.05) is 6.92 Å². The van der Waals surface area contributed by atoms with Gasteiger partial charge in [-0.2, -0.15) is 4.31 Å². The first-order chi connectivity index (χ1) is 9.41. The van der Waals surface area contributed by atoms with Gasteiger partial charge in [0, 0.05) is 25.2 Å². The third kappa shape index (κ3) is 3.19. The minimum Gasteiger partial charge on any atom is -0.326 e. The molecule has 1 aromatic rings. The molecule has 0 saturated carbocycles. The quantitative estimate of drug-likeness (QED) is 0.930. The highest BCUT2D eigenvalue weighted by atomic mass is 32.2. The molecule has 20 heavy (non-hydrogen) atoms. The van der Waals surface area contributed by atoms with Gasteiger partial charge in [0.05, 0.1) is 4.90 Å². The number of anilines is 1. The highest BCUT2D eigenvalue weighted by molar-refractivity contribution is 7.89. The molecule has 1 heterocycles. The number of benzene rings is 1. The van der Waals surface area contributed by atoms with Crippen LogP contribution in [0.3, 0.4) is 0 Å². The summed E-state index contributed by atoms with van der Waals surface area (Å²) < 4.78 is 26.7. The Morgan fingerprint density at radius 2 is 1.90 bits per heavy atom. The summed E-state index contributed by atoms with van der Waals surface area (Å²) in [5, 5.41) is 2.62. The number of carbonyl (C=O) groups is 1. The van der Waals surface area contributed by atoms with Gasteiger partial charge >= 0.3 is 0 Å². The Hall–Kier alpha value is -1.40. The average Bonchev–Trinajstić information content (AvgIpc) is 2.39. The van der Waals surface area contributed by atoms with E-state index in [0.29, 0.717) is 12.2 Å². The molecule has 5 nitrogen and oxygen atoms in total. The molecular formula is C14H20N2O3S. The number of hydrogen-bond acceptors (Lipinski definition) is 3. The molecule has 1 atom stereocenters. The van der Waals surface area contributed by atoms with Crippen LogP contribution in [0.25, 0.3) is 0 Å². The molecule has 1 saturated heterocycles. The number of rotatable bonds is 3. The number of nitrogens with one attached hydrogen (secondary N) is 1. The van der Waals surface area contributed by atoms with Crippen LogP contribution in [0.2, 0.25) is 0 Å². The SMILES string of the molecule is CC(=O)Nc1ccc(S(=O)(=O)N2CCCC[C@@H]2C)cc1. The third-order valence-electron chi connectivity index (χ3n) is 3.52. The molecular weight excluding hydrogens is 276 g/mol. The molecule has 110 valence electrons. The van der Waals surface area contributed by atoms with Gasteiger partial charge in [-0.1, -0.05) is 6.42 Å². The van der Waals surface area contributed by atoms with Crippen molar-refractivity contribution in [1.82, 2.24) is 4.31 Å². The molecule has 0 spiro atoms. The van der Waals surface area contributed by atoms with Crippen molar-refractivity contribution >= 4 is 21.6 Å². The van der Waals surface area contributed by atoms with Gasteiger partial charge in [-0.25, -0.2) is 8.42 Å². The minimum atomic E-state index is -3.44. The van der Waals surface area contributed by atoms with Gasteiger partial charge < -0.3 is 5.32 Å². The van der Waals surface area contributed by atoms with Crippen LogP contribution in [0.5, 0.6) is 0 Å². The molecule has 1 aliphatic rings. The minimum absolute atomic E-state index is 0.0452. The summed E-state index contributed by atoms with van der Waals surface area (Å²) in [5.41, 5.74) is 0.600. The third-order valence-corrected chi connectivity index (χ3v) is 5.55. The molecule has 2 rings (SSSR count). The highest BCUT2D eigenvalue weighted by Gasteiger charge is 2.30. The van der Waals surface area contributed by atoms with E-state index in [0.717, 1.165) is 19.3 Å². The van der Waals surface area contributed by atoms with Gasteiger partial charge in [-0.15, -0.1) is 0 Å². The Labute approximate surface area is 120 Å². The molecule has 0 radical (unpaired) electrons. The van der Waals surface area contributed by atoms with E-state index in [2.05, 4.69) is 5.32 Å². The predicted octanol–water partition coefficient (Wildman–Crippen LogP) is 2.21. The van der Waals surface area contributed by atoms with E-state index in [1.54, 1.807) is 28.6 Å². The van der Waals surface area contributed by atoms with Crippen molar-refractivity contribution < 1.29 is 13.2 Å². The summed E-state index contributed by atoms with van der Waals surface area (Å²) in [4.78, 5) is 11.2. The molecule has 0 unspecified atom stereocenters. The maximum absolute atomic E-state index is 12.6. The molecule has 1 aliphatic heterocycles. The van der Waals surface area contributed by atoms with Crippen LogP contribution in [0.4, 0.5) is 5.69 Å². The summed E-state index contributed by atoms with van der Waals surface area (Å²) >= 11 is 0. The fourth-order valence-corrected chi connectivity index (χ4v) is 4.18. The van der Waals surface area contributed by atoms with Crippen LogP contribution in [-0.2, 0) is 14.8 Å². The van der Waals surface area contributed by atoms with Crippen molar-refractivity contribution in [3.8, 4) is 0 Å². The fourth-order valence-electron chi connectivity index (χ4n) is 2.48. The lowest BCUT2D eigenvalue weighted by molar-refractivity contribution is -0.114. The van der Waals surface area contributed by atoms with Crippen LogP contribution in [0, 0.1) is 0 Å². The van der Waals surface area contributed by atoms with Gasteiger partial charge in [-0.3, -0.25) is 4.79 Å². The zero-order valence-electron chi connectivity index (χ0n) is 11.8. The Balaban J connectivity index is 2.23. The number of sulfonamides is 1. The molecule has 6 heteroatoms. The standard InChI is InChI=1S/C14H20N2O3S/c1-11-5-3-4-10-16(11)20(18,19)14-8-6-13(7-9-14)15-12(2)17/h6-9,11H,3-5,10H2,1-2H3,(H,15,17)/t11-/m0/s1. The second kappa shape index (κ2) is 5.93. The second-order valence-electron chi connectivity index (χ2n) is 5.17. The zero-order valence-corrected chi connectivity index (χ0v) is 12.6. The number of piperidine rings is 1. The van der Waals surface area contributed by atoms with Crippen molar-refractivity contribution in [2.24, 2.45) is 0 Å². The Kier molecular flexibility index (Phi) is 4.45. The lowest BCUT2D eigenvalue weighted by Crippen LogP contribution is -2.41. The summed E-state index contributed by atoms with van der Waals surface area (Å²) in [6, 6.07) is 6.36. The first-order valence-electron chi connectivity index (χ1n) is 6.81. The lowest BCUT2D eigenvalue weighted by atomic mass is 10.1. The number of carbonyl (C=O) groups excluding carboxylic acids is 1. The van der Waals surface area contributed by atoms with Gasteiger partial charge in [0.2, 0.25) is 15.9 Å². The maximum Gasteiger partial charge on any atom is 0.243 e. The van der Waals surface area contributed by atoms with Crippen molar-refractivity contribution in [2.45, 2.75) is 44.0 Å². The first kappa shape index (κ1) is 15.0. The van der Waals surface area contributed by atoms with Crippen molar-refractivity contribution in [3.05, 3.63) is 24.3 Å². The summed E-state index contributed by atoms with van der Waals surface area (Å²) in [5.74, 6) is -0.176. The van der Waals surface area contributed by atoms with Crippen LogP contribution in [0.15, 0.2) is 29.2 Å². The van der Waals surface area contributed by atoms with E-state index >= 15 is 0 Å². The highest BCUT2D eigenvalue weighted by Crippen LogP contribution is 2.25. The maximum atomic E-state index is 12.6. The van der Waals surface area contributed by atoms with E-state index in [-0.39, 0.29) is 16.8 Å². The van der Waals surface area contributed by atoms with Crippen LogP contribution >= 0.6 is 0 Å². The molecule has 0 aromatic heterocycles.